The number of anilines is 2. The van der Waals surface area contributed by atoms with E-state index in [4.69, 9.17) is 23.8 Å². The van der Waals surface area contributed by atoms with E-state index in [0.717, 1.165) is 35.5 Å². The minimum atomic E-state index is -0.313. The van der Waals surface area contributed by atoms with Gasteiger partial charge in [0.25, 0.3) is 5.91 Å². The standard InChI is InChI=1S/C25H25ClN6OS/c1-4-31(5-2)19-10-12-20(13-11-19)32-29-22-14-16(3)21(15-23(22)30-32)27-25(34)28-24(33)17-6-8-18(26)9-7-17/h6-15H,4-5H2,1-3H3,(H2,27,28,33,34). The van der Waals surface area contributed by atoms with Gasteiger partial charge in [0.2, 0.25) is 0 Å². The molecule has 0 fully saturated rings. The lowest BCUT2D eigenvalue weighted by molar-refractivity contribution is 0.0977. The molecule has 0 radical (unpaired) electrons. The molecule has 2 N–H and O–H groups in total. The molecule has 1 aromatic heterocycles. The SMILES string of the molecule is CCN(CC)c1ccc(-n2nc3cc(C)c(NC(=S)NC(=O)c4ccc(Cl)cc4)cc3n2)cc1. The molecule has 0 saturated heterocycles. The molecule has 0 saturated carbocycles. The van der Waals surface area contributed by atoms with Gasteiger partial charge < -0.3 is 10.2 Å². The lowest BCUT2D eigenvalue weighted by Gasteiger charge is -2.20. The van der Waals surface area contributed by atoms with Crippen LogP contribution in [0.1, 0.15) is 29.8 Å². The van der Waals surface area contributed by atoms with Crippen molar-refractivity contribution in [2.24, 2.45) is 0 Å². The number of aromatic nitrogens is 3. The van der Waals surface area contributed by atoms with Crippen LogP contribution in [0.2, 0.25) is 5.02 Å². The molecule has 0 atom stereocenters. The van der Waals surface area contributed by atoms with Crippen LogP contribution in [0.15, 0.2) is 60.7 Å². The van der Waals surface area contributed by atoms with E-state index in [1.54, 1.807) is 29.1 Å². The Hall–Kier alpha value is -3.49. The van der Waals surface area contributed by atoms with Gasteiger partial charge in [0.15, 0.2) is 5.11 Å². The van der Waals surface area contributed by atoms with Crippen molar-refractivity contribution in [1.29, 1.82) is 0 Å². The van der Waals surface area contributed by atoms with E-state index < -0.39 is 0 Å². The number of aryl methyl sites for hydroxylation is 1. The van der Waals surface area contributed by atoms with E-state index in [1.807, 2.05) is 31.2 Å². The van der Waals surface area contributed by atoms with Gasteiger partial charge in [0.1, 0.15) is 11.0 Å². The number of hydrogen-bond donors (Lipinski definition) is 2. The zero-order chi connectivity index (χ0) is 24.2. The number of halogens is 1. The summed E-state index contributed by atoms with van der Waals surface area (Å²) in [6.07, 6.45) is 0. The minimum Gasteiger partial charge on any atom is -0.372 e. The first-order chi connectivity index (χ1) is 16.4. The number of carbonyl (C=O) groups excluding carboxylic acids is 1. The monoisotopic (exact) mass is 492 g/mol. The van der Waals surface area contributed by atoms with Crippen molar-refractivity contribution in [1.82, 2.24) is 20.3 Å². The van der Waals surface area contributed by atoms with Crippen LogP contribution in [0, 0.1) is 6.92 Å². The number of nitrogens with one attached hydrogen (secondary N) is 2. The highest BCUT2D eigenvalue weighted by Gasteiger charge is 2.12. The van der Waals surface area contributed by atoms with E-state index in [0.29, 0.717) is 16.1 Å². The molecule has 0 spiro atoms. The number of amides is 1. The average Bonchev–Trinajstić information content (AvgIpc) is 3.23. The van der Waals surface area contributed by atoms with Gasteiger partial charge in [-0.15, -0.1) is 10.2 Å². The number of carbonyl (C=O) groups is 1. The molecule has 1 heterocycles. The van der Waals surface area contributed by atoms with Gasteiger partial charge in [-0.2, -0.15) is 4.80 Å². The third kappa shape index (κ3) is 5.18. The summed E-state index contributed by atoms with van der Waals surface area (Å²) >= 11 is 11.2. The Bertz CT molecular complexity index is 1330. The van der Waals surface area contributed by atoms with E-state index in [2.05, 4.69) is 51.7 Å². The van der Waals surface area contributed by atoms with Crippen LogP contribution in [-0.2, 0) is 0 Å². The molecule has 9 heteroatoms. The number of benzene rings is 3. The van der Waals surface area contributed by atoms with E-state index in [-0.39, 0.29) is 11.0 Å². The van der Waals surface area contributed by atoms with E-state index >= 15 is 0 Å². The summed E-state index contributed by atoms with van der Waals surface area (Å²) < 4.78 is 0. The fraction of sp³-hybridized carbons (Fsp3) is 0.200. The molecule has 7 nitrogen and oxygen atoms in total. The Balaban J connectivity index is 1.50. The summed E-state index contributed by atoms with van der Waals surface area (Å²) in [7, 11) is 0. The fourth-order valence-corrected chi connectivity index (χ4v) is 3.96. The van der Waals surface area contributed by atoms with Crippen molar-refractivity contribution in [3.8, 4) is 5.69 Å². The maximum Gasteiger partial charge on any atom is 0.257 e. The number of thiocarbonyl (C=S) groups is 1. The van der Waals surface area contributed by atoms with Gasteiger partial charge in [-0.3, -0.25) is 10.1 Å². The van der Waals surface area contributed by atoms with Gasteiger partial charge in [0, 0.05) is 35.1 Å². The van der Waals surface area contributed by atoms with E-state index in [1.165, 1.54) is 5.69 Å². The first-order valence-electron chi connectivity index (χ1n) is 11.0. The van der Waals surface area contributed by atoms with Gasteiger partial charge >= 0.3 is 0 Å². The first kappa shape index (κ1) is 23.7. The first-order valence-corrected chi connectivity index (χ1v) is 11.8. The summed E-state index contributed by atoms with van der Waals surface area (Å²) in [6, 6.07) is 18.6. The van der Waals surface area contributed by atoms with Crippen molar-refractivity contribution < 1.29 is 4.79 Å². The molecule has 0 aliphatic carbocycles. The molecule has 34 heavy (non-hydrogen) atoms. The van der Waals surface area contributed by atoms with Gasteiger partial charge in [-0.1, -0.05) is 11.6 Å². The van der Waals surface area contributed by atoms with Crippen LogP contribution < -0.4 is 15.5 Å². The molecule has 3 aromatic carbocycles. The fourth-order valence-electron chi connectivity index (χ4n) is 3.63. The Morgan fingerprint density at radius 1 is 1.00 bits per heavy atom. The highest BCUT2D eigenvalue weighted by Crippen LogP contribution is 2.23. The molecule has 4 rings (SSSR count). The second kappa shape index (κ2) is 10.2. The van der Waals surface area contributed by atoms with Gasteiger partial charge in [-0.05, 0) is 99.2 Å². The molecule has 174 valence electrons. The average molecular weight is 493 g/mol. The Labute approximate surface area is 208 Å². The van der Waals surface area contributed by atoms with Crippen molar-refractivity contribution in [2.45, 2.75) is 20.8 Å². The van der Waals surface area contributed by atoms with Crippen LogP contribution >= 0.6 is 23.8 Å². The summed E-state index contributed by atoms with van der Waals surface area (Å²) in [5.41, 5.74) is 5.68. The third-order valence-electron chi connectivity index (χ3n) is 5.52. The quantitative estimate of drug-likeness (QED) is 0.353. The molecule has 0 bridgehead atoms. The second-order valence-electron chi connectivity index (χ2n) is 7.75. The van der Waals surface area contributed by atoms with Crippen molar-refractivity contribution >= 4 is 57.2 Å². The summed E-state index contributed by atoms with van der Waals surface area (Å²) in [5.74, 6) is -0.313. The minimum absolute atomic E-state index is 0.196. The van der Waals surface area contributed by atoms with Crippen molar-refractivity contribution in [2.75, 3.05) is 23.3 Å². The summed E-state index contributed by atoms with van der Waals surface area (Å²) in [4.78, 5) is 16.3. The summed E-state index contributed by atoms with van der Waals surface area (Å²) in [5, 5.41) is 15.8. The van der Waals surface area contributed by atoms with Crippen molar-refractivity contribution in [3.05, 3.63) is 76.8 Å². The molecular formula is C25H25ClN6OS. The van der Waals surface area contributed by atoms with Crippen LogP contribution in [0.3, 0.4) is 0 Å². The Morgan fingerprint density at radius 3 is 2.24 bits per heavy atom. The number of nitrogens with zero attached hydrogens (tertiary/aromatic N) is 4. The van der Waals surface area contributed by atoms with Gasteiger partial charge in [0.05, 0.1) is 5.69 Å². The molecule has 0 aliphatic rings. The van der Waals surface area contributed by atoms with Crippen LogP contribution in [-0.4, -0.2) is 39.1 Å². The predicted octanol–water partition coefficient (Wildman–Crippen LogP) is 5.36. The maximum atomic E-state index is 12.4. The highest BCUT2D eigenvalue weighted by molar-refractivity contribution is 7.80. The molecule has 1 amide bonds. The van der Waals surface area contributed by atoms with Crippen molar-refractivity contribution in [3.63, 3.8) is 0 Å². The number of fused-ring (bicyclic) bond motifs is 1. The maximum absolute atomic E-state index is 12.4. The normalized spacial score (nSPS) is 10.8. The molecular weight excluding hydrogens is 468 g/mol. The van der Waals surface area contributed by atoms with E-state index in [9.17, 15) is 4.79 Å². The smallest absolute Gasteiger partial charge is 0.257 e. The molecule has 0 aliphatic heterocycles. The predicted molar refractivity (Wildman–Crippen MR) is 142 cm³/mol. The Morgan fingerprint density at radius 2 is 1.62 bits per heavy atom. The zero-order valence-electron chi connectivity index (χ0n) is 19.2. The molecule has 4 aromatic rings. The summed E-state index contributed by atoms with van der Waals surface area (Å²) in [6.45, 7) is 8.14. The topological polar surface area (TPSA) is 75.1 Å². The lowest BCUT2D eigenvalue weighted by atomic mass is 10.2. The van der Waals surface area contributed by atoms with Crippen LogP contribution in [0.25, 0.3) is 16.7 Å². The lowest BCUT2D eigenvalue weighted by Crippen LogP contribution is -2.34. The zero-order valence-corrected chi connectivity index (χ0v) is 20.7. The number of hydrogen-bond acceptors (Lipinski definition) is 5. The number of rotatable bonds is 6. The van der Waals surface area contributed by atoms with Gasteiger partial charge in [-0.25, -0.2) is 0 Å². The molecule has 0 unspecified atom stereocenters. The van der Waals surface area contributed by atoms with Crippen LogP contribution in [0.4, 0.5) is 11.4 Å². The highest BCUT2D eigenvalue weighted by atomic mass is 35.5. The second-order valence-corrected chi connectivity index (χ2v) is 8.59. The largest absolute Gasteiger partial charge is 0.372 e. The Kier molecular flexibility index (Phi) is 7.09. The third-order valence-corrected chi connectivity index (χ3v) is 5.97. The van der Waals surface area contributed by atoms with Crippen LogP contribution in [0.5, 0.6) is 0 Å².